The number of hydrogen-bond acceptors (Lipinski definition) is 5. The molecular weight excluding hydrogens is 475 g/mol. The Hall–Kier alpha value is -1.98. The smallest absolute Gasteiger partial charge is 0.219 e. The van der Waals surface area contributed by atoms with E-state index in [1.54, 1.807) is 13.2 Å². The van der Waals surface area contributed by atoms with Crippen LogP contribution in [0.2, 0.25) is 0 Å². The van der Waals surface area contributed by atoms with Gasteiger partial charge in [0.05, 0.1) is 24.1 Å². The number of likely N-dealkylation sites (N-methyl/N-ethyl adjacent to an activating group) is 2. The molecule has 0 saturated heterocycles. The molecule has 1 amide bonds. The number of carbonyl (C=O) groups excluding carboxylic acids is 1. The molecule has 0 heterocycles. The molecule has 0 saturated carbocycles. The molecule has 2 unspecified atom stereocenters. The van der Waals surface area contributed by atoms with Gasteiger partial charge < -0.3 is 24.7 Å². The van der Waals surface area contributed by atoms with Crippen LogP contribution in [0.15, 0.2) is 60.7 Å². The highest BCUT2D eigenvalue weighted by Gasteiger charge is 2.11. The quantitative estimate of drug-likeness (QED) is 0.403. The summed E-state index contributed by atoms with van der Waals surface area (Å²) in [5.74, 6) is -0.0417. The van der Waals surface area contributed by atoms with E-state index in [2.05, 4.69) is 27.9 Å². The SMILES string of the molecule is C#COCl.CC(=O)N(C)CC(O)c1ccccc1.CNCC(O)c1ccccc1.ClCCl. The average Bonchev–Trinajstić information content (AvgIpc) is 2.81. The van der Waals surface area contributed by atoms with E-state index in [4.69, 9.17) is 23.2 Å². The van der Waals surface area contributed by atoms with E-state index in [1.807, 2.05) is 67.7 Å². The molecule has 0 bridgehead atoms. The standard InChI is InChI=1S/C11H15NO2.C9H13NO.C2HClO.CH2Cl2/c1-9(13)12(2)8-11(14)10-6-4-3-5-7-10;1-10-7-9(11)8-5-3-2-4-6-8;1-2-4-3;2-1-3/h3-7,11,14H,8H2,1-2H3;2-6,9-11H,7H2,1H3;1H;1H2. The van der Waals surface area contributed by atoms with E-state index < -0.39 is 6.10 Å². The number of aliphatic hydroxyl groups is 2. The minimum Gasteiger partial charge on any atom is -0.387 e. The molecule has 2 atom stereocenters. The molecule has 2 rings (SSSR count). The molecule has 3 N–H and O–H groups in total. The van der Waals surface area contributed by atoms with E-state index in [1.165, 1.54) is 11.8 Å². The molecule has 0 radical (unpaired) electrons. The number of carbonyl (C=O) groups is 1. The van der Waals surface area contributed by atoms with Crippen molar-refractivity contribution in [2.24, 2.45) is 0 Å². The minimum atomic E-state index is -0.606. The Balaban J connectivity index is 0. The number of hydrogen-bond donors (Lipinski definition) is 3. The Morgan fingerprint density at radius 3 is 1.75 bits per heavy atom. The summed E-state index contributed by atoms with van der Waals surface area (Å²) in [7, 11) is 3.50. The molecule has 0 spiro atoms. The van der Waals surface area contributed by atoms with E-state index in [9.17, 15) is 15.0 Å². The first-order valence-corrected chi connectivity index (χ1v) is 10.8. The van der Waals surface area contributed by atoms with Gasteiger partial charge in [-0.1, -0.05) is 67.1 Å². The summed E-state index contributed by atoms with van der Waals surface area (Å²) in [6.07, 6.45) is 5.13. The van der Waals surface area contributed by atoms with Crippen molar-refractivity contribution in [1.29, 1.82) is 0 Å². The molecule has 178 valence electrons. The molecule has 9 heteroatoms. The number of nitrogens with zero attached hydrogens (tertiary/aromatic N) is 1. The highest BCUT2D eigenvalue weighted by atomic mass is 35.5. The molecule has 32 heavy (non-hydrogen) atoms. The fourth-order valence-electron chi connectivity index (χ4n) is 2.15. The normalized spacial score (nSPS) is 10.8. The first-order chi connectivity index (χ1) is 15.3. The summed E-state index contributed by atoms with van der Waals surface area (Å²) in [6, 6.07) is 18.9. The van der Waals surface area contributed by atoms with Gasteiger partial charge in [0.25, 0.3) is 0 Å². The van der Waals surface area contributed by atoms with Crippen LogP contribution < -0.4 is 5.32 Å². The molecule has 6 nitrogen and oxygen atoms in total. The zero-order valence-electron chi connectivity index (χ0n) is 18.4. The van der Waals surface area contributed by atoms with Gasteiger partial charge in [0.15, 0.2) is 0 Å². The highest BCUT2D eigenvalue weighted by Crippen LogP contribution is 2.12. The Kier molecular flexibility index (Phi) is 22.4. The fraction of sp³-hybridized carbons (Fsp3) is 0.348. The molecule has 2 aromatic carbocycles. The second-order valence-corrected chi connectivity index (χ2v) is 7.07. The number of nitrogens with one attached hydrogen (secondary N) is 1. The number of halogens is 3. The van der Waals surface area contributed by atoms with Crippen LogP contribution in [0.3, 0.4) is 0 Å². The van der Waals surface area contributed by atoms with Crippen molar-refractivity contribution in [3.05, 3.63) is 71.8 Å². The molecule has 0 aliphatic carbocycles. The summed E-state index contributed by atoms with van der Waals surface area (Å²) >= 11 is 14.0. The molecule has 0 aromatic heterocycles. The molecule has 0 fully saturated rings. The molecule has 0 aliphatic rings. The second-order valence-electron chi connectivity index (χ2n) is 6.11. The Bertz CT molecular complexity index is 731. The van der Waals surface area contributed by atoms with Gasteiger partial charge in [-0.3, -0.25) is 4.79 Å². The third kappa shape index (κ3) is 17.7. The maximum absolute atomic E-state index is 10.9. The lowest BCUT2D eigenvalue weighted by molar-refractivity contribution is -0.128. The first kappa shape index (κ1) is 32.2. The van der Waals surface area contributed by atoms with Gasteiger partial charge in [-0.05, 0) is 18.2 Å². The van der Waals surface area contributed by atoms with Crippen molar-refractivity contribution in [1.82, 2.24) is 10.2 Å². The monoisotopic (exact) mass is 504 g/mol. The zero-order valence-corrected chi connectivity index (χ0v) is 20.7. The van der Waals surface area contributed by atoms with Crippen LogP contribution in [0.5, 0.6) is 0 Å². The molecule has 0 aliphatic heterocycles. The second kappa shape index (κ2) is 22.2. The van der Waals surface area contributed by atoms with Crippen LogP contribution >= 0.6 is 35.1 Å². The molecular formula is C23H31Cl3N2O4. The fourth-order valence-corrected chi connectivity index (χ4v) is 2.15. The highest BCUT2D eigenvalue weighted by molar-refractivity contribution is 6.40. The average molecular weight is 506 g/mol. The van der Waals surface area contributed by atoms with Gasteiger partial charge in [0.2, 0.25) is 5.91 Å². The molecule has 2 aromatic rings. The maximum Gasteiger partial charge on any atom is 0.219 e. The number of rotatable bonds is 6. The number of amides is 1. The van der Waals surface area contributed by atoms with E-state index in [0.717, 1.165) is 11.1 Å². The zero-order chi connectivity index (χ0) is 24.8. The number of aliphatic hydroxyl groups excluding tert-OH is 2. The van der Waals surface area contributed by atoms with Crippen LogP contribution in [0.4, 0.5) is 0 Å². The first-order valence-electron chi connectivity index (χ1n) is 9.46. The Labute approximate surface area is 206 Å². The third-order valence-corrected chi connectivity index (χ3v) is 3.88. The predicted molar refractivity (Wildman–Crippen MR) is 132 cm³/mol. The lowest BCUT2D eigenvalue weighted by Crippen LogP contribution is -2.28. The topological polar surface area (TPSA) is 82.0 Å². The van der Waals surface area contributed by atoms with Crippen LogP contribution in [0.1, 0.15) is 30.3 Å². The lowest BCUT2D eigenvalue weighted by Gasteiger charge is -2.19. The summed E-state index contributed by atoms with van der Waals surface area (Å²) in [5.41, 5.74) is 1.79. The van der Waals surface area contributed by atoms with E-state index in [-0.39, 0.29) is 17.4 Å². The lowest BCUT2D eigenvalue weighted by atomic mass is 10.1. The summed E-state index contributed by atoms with van der Waals surface area (Å²) < 4.78 is 3.54. The Morgan fingerprint density at radius 1 is 1.06 bits per heavy atom. The number of benzene rings is 2. The predicted octanol–water partition coefficient (Wildman–Crippen LogP) is 4.31. The Morgan fingerprint density at radius 2 is 1.44 bits per heavy atom. The van der Waals surface area contributed by atoms with Crippen molar-refractivity contribution >= 4 is 41.0 Å². The number of terminal acetylenes is 1. The van der Waals surface area contributed by atoms with Crippen molar-refractivity contribution in [2.75, 3.05) is 32.5 Å². The van der Waals surface area contributed by atoms with Gasteiger partial charge in [-0.25, -0.2) is 0 Å². The van der Waals surface area contributed by atoms with Gasteiger partial charge in [0.1, 0.15) is 18.0 Å². The van der Waals surface area contributed by atoms with Gasteiger partial charge in [-0.2, -0.15) is 0 Å². The van der Waals surface area contributed by atoms with Gasteiger partial charge in [0, 0.05) is 20.5 Å². The maximum atomic E-state index is 10.9. The van der Waals surface area contributed by atoms with Crippen LogP contribution in [-0.4, -0.2) is 53.5 Å². The van der Waals surface area contributed by atoms with Crippen molar-refractivity contribution in [2.45, 2.75) is 19.1 Å². The van der Waals surface area contributed by atoms with Crippen LogP contribution in [-0.2, 0) is 9.08 Å². The summed E-state index contributed by atoms with van der Waals surface area (Å²) in [5, 5.41) is 22.3. The summed E-state index contributed by atoms with van der Waals surface area (Å²) in [4.78, 5) is 12.4. The van der Waals surface area contributed by atoms with E-state index >= 15 is 0 Å². The van der Waals surface area contributed by atoms with Crippen molar-refractivity contribution < 1.29 is 19.3 Å². The van der Waals surface area contributed by atoms with Gasteiger partial charge in [-0.15, -0.1) is 23.2 Å². The largest absolute Gasteiger partial charge is 0.387 e. The van der Waals surface area contributed by atoms with Crippen molar-refractivity contribution in [3.63, 3.8) is 0 Å². The van der Waals surface area contributed by atoms with Crippen molar-refractivity contribution in [3.8, 4) is 12.5 Å². The van der Waals surface area contributed by atoms with Gasteiger partial charge >= 0.3 is 0 Å². The van der Waals surface area contributed by atoms with Crippen LogP contribution in [0, 0.1) is 12.5 Å². The minimum absolute atomic E-state index is 0.0417. The number of alkyl halides is 2. The van der Waals surface area contributed by atoms with E-state index in [0.29, 0.717) is 13.1 Å². The van der Waals surface area contributed by atoms with Crippen LogP contribution in [0.25, 0.3) is 0 Å². The summed E-state index contributed by atoms with van der Waals surface area (Å²) in [6.45, 7) is 2.42. The third-order valence-electron chi connectivity index (χ3n) is 3.80.